The molecule has 180 valence electrons. The van der Waals surface area contributed by atoms with Crippen LogP contribution in [0.1, 0.15) is 16.9 Å². The monoisotopic (exact) mass is 472 g/mol. The minimum absolute atomic E-state index is 0.0884. The van der Waals surface area contributed by atoms with Crippen molar-refractivity contribution in [1.29, 1.82) is 0 Å². The Hall–Kier alpha value is -3.61. The van der Waals surface area contributed by atoms with Crippen molar-refractivity contribution in [3.05, 3.63) is 93.8 Å². The van der Waals surface area contributed by atoms with Gasteiger partial charge in [-0.05, 0) is 42.3 Å². The van der Waals surface area contributed by atoms with Crippen LogP contribution >= 0.6 is 0 Å². The molecule has 2 atom stereocenters. The molecule has 0 aliphatic carbocycles. The van der Waals surface area contributed by atoms with E-state index in [1.807, 2.05) is 24.3 Å². The third-order valence-corrected chi connectivity index (χ3v) is 6.69. The molecule has 6 nitrogen and oxygen atoms in total. The first kappa shape index (κ1) is 23.1. The zero-order chi connectivity index (χ0) is 24.4. The number of rotatable bonds is 7. The number of aliphatic hydroxyl groups excluding tert-OH is 1. The van der Waals surface area contributed by atoms with Crippen molar-refractivity contribution in [2.75, 3.05) is 26.8 Å². The summed E-state index contributed by atoms with van der Waals surface area (Å²) in [5.41, 5.74) is 4.46. The molecule has 1 aliphatic rings. The van der Waals surface area contributed by atoms with Crippen LogP contribution in [0.2, 0.25) is 0 Å². The second kappa shape index (κ2) is 9.94. The molecule has 35 heavy (non-hydrogen) atoms. The zero-order valence-corrected chi connectivity index (χ0v) is 20.0. The number of fused-ring (bicyclic) bond motifs is 2. The number of hydrogen-bond acceptors (Lipinski definition) is 5. The maximum atomic E-state index is 13.2. The highest BCUT2D eigenvalue weighted by Gasteiger charge is 2.22. The Labute approximate surface area is 204 Å². The fourth-order valence-corrected chi connectivity index (χ4v) is 4.87. The number of methoxy groups -OCH3 is 1. The molecule has 4 aromatic rings. The van der Waals surface area contributed by atoms with Crippen LogP contribution in [0.4, 0.5) is 0 Å². The molecule has 1 aromatic heterocycles. The van der Waals surface area contributed by atoms with Gasteiger partial charge in [-0.1, -0.05) is 36.4 Å². The molecule has 0 saturated heterocycles. The van der Waals surface area contributed by atoms with Crippen molar-refractivity contribution in [2.24, 2.45) is 0 Å². The zero-order valence-electron chi connectivity index (χ0n) is 20.0. The highest BCUT2D eigenvalue weighted by molar-refractivity contribution is 5.83. The van der Waals surface area contributed by atoms with Gasteiger partial charge in [0.1, 0.15) is 48.6 Å². The standard InChI is InChI=1S/C29H29NO5/c1-19-28(21-7-9-24(33-2)10-8-21)29(32)26-12-11-25(15-27(26)35-19)34-18-23(31)17-30-14-13-20-5-3-4-6-22(20)16-30/h3-12,15,23,31H,13-14,16-18H2,1-2H3/p+1/t23-/m0/s1. The van der Waals surface area contributed by atoms with Crippen molar-refractivity contribution >= 4 is 11.0 Å². The topological polar surface area (TPSA) is 73.3 Å². The molecule has 0 amide bonds. The molecule has 0 saturated carbocycles. The van der Waals surface area contributed by atoms with E-state index in [1.165, 1.54) is 16.0 Å². The van der Waals surface area contributed by atoms with Gasteiger partial charge in [0.05, 0.1) is 24.6 Å². The Morgan fingerprint density at radius 2 is 1.77 bits per heavy atom. The van der Waals surface area contributed by atoms with E-state index in [0.717, 1.165) is 30.8 Å². The Bertz CT molecular complexity index is 1390. The molecule has 0 bridgehead atoms. The van der Waals surface area contributed by atoms with Gasteiger partial charge < -0.3 is 23.9 Å². The summed E-state index contributed by atoms with van der Waals surface area (Å²) < 4.78 is 17.1. The van der Waals surface area contributed by atoms with Crippen LogP contribution in [0.3, 0.4) is 0 Å². The van der Waals surface area contributed by atoms with Crippen LogP contribution in [0.15, 0.2) is 75.9 Å². The number of aliphatic hydroxyl groups is 1. The van der Waals surface area contributed by atoms with Gasteiger partial charge in [0.25, 0.3) is 0 Å². The van der Waals surface area contributed by atoms with E-state index in [9.17, 15) is 9.90 Å². The lowest BCUT2D eigenvalue weighted by molar-refractivity contribution is -0.918. The summed E-state index contributed by atoms with van der Waals surface area (Å²) in [5.74, 6) is 1.83. The first-order valence-electron chi connectivity index (χ1n) is 11.9. The van der Waals surface area contributed by atoms with Crippen molar-refractivity contribution in [2.45, 2.75) is 26.0 Å². The molecule has 6 heteroatoms. The third-order valence-electron chi connectivity index (χ3n) is 6.69. The van der Waals surface area contributed by atoms with Crippen molar-refractivity contribution in [1.82, 2.24) is 0 Å². The van der Waals surface area contributed by atoms with E-state index >= 15 is 0 Å². The summed E-state index contributed by atoms with van der Waals surface area (Å²) in [4.78, 5) is 14.6. The Morgan fingerprint density at radius 3 is 2.54 bits per heavy atom. The summed E-state index contributed by atoms with van der Waals surface area (Å²) in [6.07, 6.45) is 0.442. The smallest absolute Gasteiger partial charge is 0.200 e. The number of hydrogen-bond donors (Lipinski definition) is 2. The second-order valence-corrected chi connectivity index (χ2v) is 9.11. The molecule has 0 radical (unpaired) electrons. The van der Waals surface area contributed by atoms with Gasteiger partial charge >= 0.3 is 0 Å². The normalized spacial score (nSPS) is 16.0. The van der Waals surface area contributed by atoms with Crippen LogP contribution in [0.5, 0.6) is 11.5 Å². The van der Waals surface area contributed by atoms with Crippen molar-refractivity contribution < 1.29 is 23.9 Å². The highest BCUT2D eigenvalue weighted by Crippen LogP contribution is 2.27. The summed E-state index contributed by atoms with van der Waals surface area (Å²) in [5, 5.41) is 11.1. The van der Waals surface area contributed by atoms with Gasteiger partial charge in [0, 0.05) is 18.1 Å². The van der Waals surface area contributed by atoms with E-state index in [0.29, 0.717) is 34.6 Å². The van der Waals surface area contributed by atoms with E-state index in [-0.39, 0.29) is 12.0 Å². The molecule has 2 heterocycles. The van der Waals surface area contributed by atoms with E-state index in [1.54, 1.807) is 32.2 Å². The Morgan fingerprint density at radius 1 is 1.03 bits per heavy atom. The molecular weight excluding hydrogens is 442 g/mol. The predicted octanol–water partition coefficient (Wildman–Crippen LogP) is 3.16. The molecule has 1 aliphatic heterocycles. The number of benzene rings is 3. The quantitative estimate of drug-likeness (QED) is 0.432. The van der Waals surface area contributed by atoms with Gasteiger partial charge in [0.15, 0.2) is 0 Å². The molecular formula is C29H30NO5+. The van der Waals surface area contributed by atoms with Gasteiger partial charge in [-0.15, -0.1) is 0 Å². The molecule has 0 spiro atoms. The Balaban J connectivity index is 1.27. The van der Waals surface area contributed by atoms with Crippen LogP contribution in [-0.2, 0) is 13.0 Å². The van der Waals surface area contributed by atoms with Gasteiger partial charge in [-0.25, -0.2) is 0 Å². The number of aryl methyl sites for hydroxylation is 1. The van der Waals surface area contributed by atoms with Crippen molar-refractivity contribution in [3.8, 4) is 22.6 Å². The van der Waals surface area contributed by atoms with E-state index in [2.05, 4.69) is 24.3 Å². The third kappa shape index (κ3) is 4.94. The second-order valence-electron chi connectivity index (χ2n) is 9.11. The van der Waals surface area contributed by atoms with E-state index in [4.69, 9.17) is 13.9 Å². The van der Waals surface area contributed by atoms with Crippen LogP contribution in [0, 0.1) is 6.92 Å². The molecule has 5 rings (SSSR count). The van der Waals surface area contributed by atoms with Crippen molar-refractivity contribution in [3.63, 3.8) is 0 Å². The molecule has 0 fully saturated rings. The summed E-state index contributed by atoms with van der Waals surface area (Å²) in [6, 6.07) is 21.1. The Kier molecular flexibility index (Phi) is 6.57. The molecule has 1 unspecified atom stereocenters. The van der Waals surface area contributed by atoms with Gasteiger partial charge in [-0.3, -0.25) is 4.79 Å². The first-order chi connectivity index (χ1) is 17.0. The summed E-state index contributed by atoms with van der Waals surface area (Å²) >= 11 is 0. The van der Waals surface area contributed by atoms with E-state index < -0.39 is 6.10 Å². The SMILES string of the molecule is COc1ccc(-c2c(C)oc3cc(OC[C@@H](O)C[NH+]4CCc5ccccc5C4)ccc3c2=O)cc1. The average molecular weight is 473 g/mol. The minimum atomic E-state index is -0.586. The fraction of sp³-hybridized carbons (Fsp3) is 0.276. The van der Waals surface area contributed by atoms with Crippen LogP contribution in [-0.4, -0.2) is 38.0 Å². The summed E-state index contributed by atoms with van der Waals surface area (Å²) in [7, 11) is 1.61. The van der Waals surface area contributed by atoms with Gasteiger partial charge in [0.2, 0.25) is 5.43 Å². The largest absolute Gasteiger partial charge is 0.497 e. The number of ether oxygens (including phenoxy) is 2. The van der Waals surface area contributed by atoms with Crippen LogP contribution in [0.25, 0.3) is 22.1 Å². The van der Waals surface area contributed by atoms with Crippen LogP contribution < -0.4 is 19.8 Å². The maximum Gasteiger partial charge on any atom is 0.200 e. The number of nitrogens with one attached hydrogen (secondary N) is 1. The number of quaternary nitrogens is 1. The van der Waals surface area contributed by atoms with Gasteiger partial charge in [-0.2, -0.15) is 0 Å². The predicted molar refractivity (Wildman–Crippen MR) is 135 cm³/mol. The summed E-state index contributed by atoms with van der Waals surface area (Å²) in [6.45, 7) is 4.53. The highest BCUT2D eigenvalue weighted by atomic mass is 16.5. The average Bonchev–Trinajstić information content (AvgIpc) is 2.87. The maximum absolute atomic E-state index is 13.2. The lowest BCUT2D eigenvalue weighted by Gasteiger charge is -2.27. The molecule has 2 N–H and O–H groups in total. The fourth-order valence-electron chi connectivity index (χ4n) is 4.87. The lowest BCUT2D eigenvalue weighted by atomic mass is 10.00. The molecule has 3 aromatic carbocycles. The first-order valence-corrected chi connectivity index (χ1v) is 11.9. The lowest BCUT2D eigenvalue weighted by Crippen LogP contribution is -3.13. The minimum Gasteiger partial charge on any atom is -0.497 e.